The monoisotopic (exact) mass is 291 g/mol. The lowest BCUT2D eigenvalue weighted by molar-refractivity contribution is 0.198. The second kappa shape index (κ2) is 7.85. The van der Waals surface area contributed by atoms with Gasteiger partial charge < -0.3 is 10.1 Å². The maximum Gasteiger partial charge on any atom is 0.129 e. The molecule has 1 N–H and O–H groups in total. The molecule has 0 bridgehead atoms. The summed E-state index contributed by atoms with van der Waals surface area (Å²) in [5, 5.41) is 3.43. The van der Waals surface area contributed by atoms with Crippen LogP contribution in [0.2, 0.25) is 0 Å². The summed E-state index contributed by atoms with van der Waals surface area (Å²) in [7, 11) is 1.73. The van der Waals surface area contributed by atoms with Gasteiger partial charge in [0.1, 0.15) is 5.82 Å². The summed E-state index contributed by atoms with van der Waals surface area (Å²) >= 11 is 0. The van der Waals surface area contributed by atoms with Crippen LogP contribution in [-0.2, 0) is 17.6 Å². The van der Waals surface area contributed by atoms with Crippen molar-refractivity contribution in [3.8, 4) is 0 Å². The first-order valence-corrected chi connectivity index (χ1v) is 8.12. The molecule has 4 nitrogen and oxygen atoms in total. The molecule has 1 saturated carbocycles. The Hall–Kier alpha value is -1.00. The summed E-state index contributed by atoms with van der Waals surface area (Å²) in [5.41, 5.74) is 3.67. The number of hydrogen-bond acceptors (Lipinski definition) is 4. The molecular weight excluding hydrogens is 262 g/mol. The number of nitrogens with one attached hydrogen (secondary N) is 1. The lowest BCUT2D eigenvalue weighted by Gasteiger charge is -2.16. The number of methoxy groups -OCH3 is 1. The molecule has 118 valence electrons. The van der Waals surface area contributed by atoms with Crippen molar-refractivity contribution in [3.05, 3.63) is 22.8 Å². The van der Waals surface area contributed by atoms with Gasteiger partial charge in [-0.15, -0.1) is 0 Å². The van der Waals surface area contributed by atoms with Crippen LogP contribution in [0.1, 0.15) is 42.5 Å². The highest BCUT2D eigenvalue weighted by atomic mass is 16.5. The zero-order valence-electron chi connectivity index (χ0n) is 13.9. The molecule has 1 fully saturated rings. The highest BCUT2D eigenvalue weighted by Gasteiger charge is 2.23. The van der Waals surface area contributed by atoms with Gasteiger partial charge in [0.05, 0.1) is 6.61 Å². The highest BCUT2D eigenvalue weighted by Crippen LogP contribution is 2.32. The number of ether oxygens (including phenoxy) is 1. The highest BCUT2D eigenvalue weighted by molar-refractivity contribution is 5.25. The Labute approximate surface area is 128 Å². The van der Waals surface area contributed by atoms with Crippen LogP contribution in [0.3, 0.4) is 0 Å². The summed E-state index contributed by atoms with van der Waals surface area (Å²) in [6.45, 7) is 9.22. The van der Waals surface area contributed by atoms with E-state index in [1.165, 1.54) is 29.8 Å². The molecule has 1 atom stereocenters. The molecule has 0 amide bonds. The summed E-state index contributed by atoms with van der Waals surface area (Å²) in [5.74, 6) is 2.47. The van der Waals surface area contributed by atoms with Crippen molar-refractivity contribution in [2.45, 2.75) is 46.5 Å². The van der Waals surface area contributed by atoms with E-state index in [-0.39, 0.29) is 0 Å². The molecule has 1 aliphatic rings. The maximum absolute atomic E-state index is 5.05. The van der Waals surface area contributed by atoms with E-state index in [0.29, 0.717) is 5.92 Å². The SMILES string of the molecule is COCCNCC(C)Cc1c(C)nc(CC2CC2)nc1C. The maximum atomic E-state index is 5.05. The van der Waals surface area contributed by atoms with E-state index in [0.717, 1.165) is 44.3 Å². The number of rotatable bonds is 9. The van der Waals surface area contributed by atoms with Crippen molar-refractivity contribution in [1.82, 2.24) is 15.3 Å². The van der Waals surface area contributed by atoms with Gasteiger partial charge in [-0.3, -0.25) is 0 Å². The van der Waals surface area contributed by atoms with Crippen molar-refractivity contribution in [2.24, 2.45) is 11.8 Å². The van der Waals surface area contributed by atoms with Crippen LogP contribution in [0.15, 0.2) is 0 Å². The van der Waals surface area contributed by atoms with Crippen molar-refractivity contribution in [3.63, 3.8) is 0 Å². The second-order valence-electron chi connectivity index (χ2n) is 6.44. The molecule has 0 aliphatic heterocycles. The molecule has 4 heteroatoms. The number of hydrogen-bond donors (Lipinski definition) is 1. The van der Waals surface area contributed by atoms with Crippen LogP contribution < -0.4 is 5.32 Å². The fourth-order valence-corrected chi connectivity index (χ4v) is 2.72. The molecule has 1 unspecified atom stereocenters. The van der Waals surface area contributed by atoms with E-state index < -0.39 is 0 Å². The molecular formula is C17H29N3O. The third kappa shape index (κ3) is 5.36. The largest absolute Gasteiger partial charge is 0.383 e. The topological polar surface area (TPSA) is 47.0 Å². The average Bonchev–Trinajstić information content (AvgIpc) is 3.23. The molecule has 2 rings (SSSR count). The lowest BCUT2D eigenvalue weighted by atomic mass is 9.98. The number of aryl methyl sites for hydroxylation is 2. The zero-order valence-corrected chi connectivity index (χ0v) is 13.9. The van der Waals surface area contributed by atoms with Gasteiger partial charge in [0.2, 0.25) is 0 Å². The van der Waals surface area contributed by atoms with Crippen molar-refractivity contribution in [1.29, 1.82) is 0 Å². The molecule has 0 saturated heterocycles. The van der Waals surface area contributed by atoms with E-state index >= 15 is 0 Å². The van der Waals surface area contributed by atoms with E-state index in [4.69, 9.17) is 14.7 Å². The van der Waals surface area contributed by atoms with Gasteiger partial charge in [-0.05, 0) is 57.1 Å². The molecule has 1 aromatic heterocycles. The summed E-state index contributed by atoms with van der Waals surface area (Å²) in [6, 6.07) is 0. The van der Waals surface area contributed by atoms with E-state index in [9.17, 15) is 0 Å². The molecule has 1 aliphatic carbocycles. The Morgan fingerprint density at radius 2 is 1.90 bits per heavy atom. The van der Waals surface area contributed by atoms with Crippen LogP contribution in [0, 0.1) is 25.7 Å². The minimum atomic E-state index is 0.581. The minimum Gasteiger partial charge on any atom is -0.383 e. The quantitative estimate of drug-likeness (QED) is 0.710. The first-order valence-electron chi connectivity index (χ1n) is 8.12. The normalized spacial score (nSPS) is 16.2. The number of nitrogens with zero attached hydrogens (tertiary/aromatic N) is 2. The average molecular weight is 291 g/mol. The first-order chi connectivity index (χ1) is 10.1. The summed E-state index contributed by atoms with van der Waals surface area (Å²) in [4.78, 5) is 9.45. The summed E-state index contributed by atoms with van der Waals surface area (Å²) in [6.07, 6.45) is 4.82. The van der Waals surface area contributed by atoms with Crippen molar-refractivity contribution < 1.29 is 4.74 Å². The minimum absolute atomic E-state index is 0.581. The van der Waals surface area contributed by atoms with Gasteiger partial charge in [-0.2, -0.15) is 0 Å². The predicted molar refractivity (Wildman–Crippen MR) is 85.5 cm³/mol. The zero-order chi connectivity index (χ0) is 15.2. The second-order valence-corrected chi connectivity index (χ2v) is 6.44. The van der Waals surface area contributed by atoms with Gasteiger partial charge in [0, 0.05) is 31.5 Å². The first kappa shape index (κ1) is 16.4. The van der Waals surface area contributed by atoms with Gasteiger partial charge in [0.25, 0.3) is 0 Å². The van der Waals surface area contributed by atoms with E-state index in [1.54, 1.807) is 7.11 Å². The number of aromatic nitrogens is 2. The lowest BCUT2D eigenvalue weighted by Crippen LogP contribution is -2.26. The summed E-state index contributed by atoms with van der Waals surface area (Å²) < 4.78 is 5.05. The predicted octanol–water partition coefficient (Wildman–Crippen LogP) is 2.46. The molecule has 1 aromatic rings. The molecule has 0 radical (unpaired) electrons. The van der Waals surface area contributed by atoms with Crippen LogP contribution in [-0.4, -0.2) is 36.8 Å². The van der Waals surface area contributed by atoms with Gasteiger partial charge in [0.15, 0.2) is 0 Å². The standard InChI is InChI=1S/C17H29N3O/c1-12(11-18-7-8-21-4)9-16-13(2)19-17(20-14(16)3)10-15-5-6-15/h12,15,18H,5-11H2,1-4H3. The van der Waals surface area contributed by atoms with Crippen molar-refractivity contribution in [2.75, 3.05) is 26.8 Å². The molecule has 0 aromatic carbocycles. The third-order valence-corrected chi connectivity index (χ3v) is 4.16. The van der Waals surface area contributed by atoms with Crippen LogP contribution >= 0.6 is 0 Å². The fourth-order valence-electron chi connectivity index (χ4n) is 2.72. The fraction of sp³-hybridized carbons (Fsp3) is 0.765. The Bertz CT molecular complexity index is 434. The van der Waals surface area contributed by atoms with E-state index in [2.05, 4.69) is 26.1 Å². The molecule has 0 spiro atoms. The van der Waals surface area contributed by atoms with Crippen LogP contribution in [0.5, 0.6) is 0 Å². The Morgan fingerprint density at radius 1 is 1.24 bits per heavy atom. The Kier molecular flexibility index (Phi) is 6.12. The van der Waals surface area contributed by atoms with Gasteiger partial charge >= 0.3 is 0 Å². The van der Waals surface area contributed by atoms with Gasteiger partial charge in [-0.1, -0.05) is 6.92 Å². The molecule has 21 heavy (non-hydrogen) atoms. The third-order valence-electron chi connectivity index (χ3n) is 4.16. The van der Waals surface area contributed by atoms with Crippen LogP contribution in [0.4, 0.5) is 0 Å². The smallest absolute Gasteiger partial charge is 0.129 e. The Morgan fingerprint density at radius 3 is 2.48 bits per heavy atom. The molecule has 1 heterocycles. The van der Waals surface area contributed by atoms with E-state index in [1.807, 2.05) is 0 Å². The van der Waals surface area contributed by atoms with Crippen molar-refractivity contribution >= 4 is 0 Å². The van der Waals surface area contributed by atoms with Gasteiger partial charge in [-0.25, -0.2) is 9.97 Å². The van der Waals surface area contributed by atoms with Crippen LogP contribution in [0.25, 0.3) is 0 Å². The Balaban J connectivity index is 1.89.